The molecule has 104 valence electrons. The molecule has 2 aromatic heterocycles. The number of aromatic nitrogens is 3. The van der Waals surface area contributed by atoms with Gasteiger partial charge >= 0.3 is 0 Å². The standard InChI is InChI=1S/C14H21ClN4/c1-3-5-6-10(4-2)9-19-13-12(18-14(19)16)7-11(15)8-17-13/h7-8,10H,3-6,9H2,1-2H3,(H2,16,18). The highest BCUT2D eigenvalue weighted by atomic mass is 35.5. The summed E-state index contributed by atoms with van der Waals surface area (Å²) in [5.41, 5.74) is 7.61. The fourth-order valence-corrected chi connectivity index (χ4v) is 2.51. The van der Waals surface area contributed by atoms with E-state index < -0.39 is 0 Å². The Hall–Kier alpha value is -1.29. The largest absolute Gasteiger partial charge is 0.369 e. The van der Waals surface area contributed by atoms with Gasteiger partial charge in [-0.25, -0.2) is 9.97 Å². The number of rotatable bonds is 6. The first-order chi connectivity index (χ1) is 9.15. The number of imidazole rings is 1. The molecule has 1 atom stereocenters. The first-order valence-electron chi connectivity index (χ1n) is 6.93. The van der Waals surface area contributed by atoms with Crippen LogP contribution in [-0.4, -0.2) is 14.5 Å². The van der Waals surface area contributed by atoms with E-state index in [0.29, 0.717) is 16.9 Å². The Bertz CT molecular complexity index is 550. The van der Waals surface area contributed by atoms with Crippen LogP contribution < -0.4 is 5.73 Å². The van der Waals surface area contributed by atoms with E-state index in [9.17, 15) is 0 Å². The molecule has 4 nitrogen and oxygen atoms in total. The average molecular weight is 281 g/mol. The monoisotopic (exact) mass is 280 g/mol. The molecular formula is C14H21ClN4. The summed E-state index contributed by atoms with van der Waals surface area (Å²) < 4.78 is 2.01. The molecule has 2 N–H and O–H groups in total. The van der Waals surface area contributed by atoms with Gasteiger partial charge < -0.3 is 5.73 Å². The zero-order valence-corrected chi connectivity index (χ0v) is 12.3. The lowest BCUT2D eigenvalue weighted by atomic mass is 9.99. The number of hydrogen-bond donors (Lipinski definition) is 1. The van der Waals surface area contributed by atoms with Crippen molar-refractivity contribution in [2.24, 2.45) is 5.92 Å². The first-order valence-corrected chi connectivity index (χ1v) is 7.30. The lowest BCUT2D eigenvalue weighted by Crippen LogP contribution is -2.13. The van der Waals surface area contributed by atoms with Crippen molar-refractivity contribution in [1.82, 2.24) is 14.5 Å². The van der Waals surface area contributed by atoms with Crippen LogP contribution in [0.5, 0.6) is 0 Å². The molecule has 5 heteroatoms. The summed E-state index contributed by atoms with van der Waals surface area (Å²) >= 11 is 5.93. The van der Waals surface area contributed by atoms with Gasteiger partial charge in [-0.15, -0.1) is 0 Å². The predicted octanol–water partition coefficient (Wildman–Crippen LogP) is 3.88. The van der Waals surface area contributed by atoms with Gasteiger partial charge in [0, 0.05) is 12.7 Å². The van der Waals surface area contributed by atoms with E-state index in [-0.39, 0.29) is 0 Å². The highest BCUT2D eigenvalue weighted by molar-refractivity contribution is 6.31. The van der Waals surface area contributed by atoms with Gasteiger partial charge in [-0.2, -0.15) is 0 Å². The maximum atomic E-state index is 6.00. The van der Waals surface area contributed by atoms with Crippen molar-refractivity contribution >= 4 is 28.7 Å². The van der Waals surface area contributed by atoms with Gasteiger partial charge in [0.2, 0.25) is 5.95 Å². The fraction of sp³-hybridized carbons (Fsp3) is 0.571. The highest BCUT2D eigenvalue weighted by Gasteiger charge is 2.14. The lowest BCUT2D eigenvalue weighted by Gasteiger charge is -2.16. The molecule has 0 saturated heterocycles. The number of halogens is 1. The van der Waals surface area contributed by atoms with Crippen molar-refractivity contribution < 1.29 is 0 Å². The van der Waals surface area contributed by atoms with Gasteiger partial charge in [0.05, 0.1) is 5.02 Å². The maximum Gasteiger partial charge on any atom is 0.202 e. The summed E-state index contributed by atoms with van der Waals surface area (Å²) in [6, 6.07) is 1.81. The minimum atomic E-state index is 0.528. The molecule has 0 aliphatic carbocycles. The normalized spacial score (nSPS) is 13.0. The molecule has 0 radical (unpaired) electrons. The quantitative estimate of drug-likeness (QED) is 0.873. The van der Waals surface area contributed by atoms with Crippen LogP contribution in [0.25, 0.3) is 11.2 Å². The number of nitrogens with zero attached hydrogens (tertiary/aromatic N) is 3. The Balaban J connectivity index is 2.26. The van der Waals surface area contributed by atoms with Crippen LogP contribution >= 0.6 is 11.6 Å². The maximum absolute atomic E-state index is 6.00. The lowest BCUT2D eigenvalue weighted by molar-refractivity contribution is 0.397. The number of pyridine rings is 1. The van der Waals surface area contributed by atoms with Crippen LogP contribution in [0.2, 0.25) is 5.02 Å². The summed E-state index contributed by atoms with van der Waals surface area (Å²) in [5, 5.41) is 0.593. The average Bonchev–Trinajstić information content (AvgIpc) is 2.69. The summed E-state index contributed by atoms with van der Waals surface area (Å²) in [5.74, 6) is 1.15. The molecule has 0 aliphatic heterocycles. The molecule has 0 spiro atoms. The summed E-state index contributed by atoms with van der Waals surface area (Å²) in [6.07, 6.45) is 6.50. The zero-order chi connectivity index (χ0) is 13.8. The number of nitrogens with two attached hydrogens (primary N) is 1. The second-order valence-electron chi connectivity index (χ2n) is 4.99. The molecular weight excluding hydrogens is 260 g/mol. The van der Waals surface area contributed by atoms with E-state index in [1.54, 1.807) is 6.20 Å². The van der Waals surface area contributed by atoms with Gasteiger partial charge in [-0.05, 0) is 18.4 Å². The van der Waals surface area contributed by atoms with E-state index in [4.69, 9.17) is 17.3 Å². The Labute approximate surface area is 119 Å². The summed E-state index contributed by atoms with van der Waals surface area (Å²) in [6.45, 7) is 5.32. The van der Waals surface area contributed by atoms with Crippen LogP contribution in [-0.2, 0) is 6.54 Å². The highest BCUT2D eigenvalue weighted by Crippen LogP contribution is 2.23. The second-order valence-corrected chi connectivity index (χ2v) is 5.43. The van der Waals surface area contributed by atoms with E-state index >= 15 is 0 Å². The van der Waals surface area contributed by atoms with Crippen molar-refractivity contribution in [3.63, 3.8) is 0 Å². The molecule has 0 aromatic carbocycles. The third-order valence-electron chi connectivity index (χ3n) is 3.57. The van der Waals surface area contributed by atoms with E-state index in [1.165, 1.54) is 19.3 Å². The Morgan fingerprint density at radius 3 is 2.89 bits per heavy atom. The van der Waals surface area contributed by atoms with Crippen LogP contribution in [0.15, 0.2) is 12.3 Å². The third-order valence-corrected chi connectivity index (χ3v) is 3.77. The van der Waals surface area contributed by atoms with Crippen molar-refractivity contribution in [3.8, 4) is 0 Å². The molecule has 0 bridgehead atoms. The molecule has 2 heterocycles. The van der Waals surface area contributed by atoms with Crippen LogP contribution in [0, 0.1) is 5.92 Å². The predicted molar refractivity (Wildman–Crippen MR) is 80.3 cm³/mol. The Morgan fingerprint density at radius 1 is 1.42 bits per heavy atom. The minimum Gasteiger partial charge on any atom is -0.369 e. The van der Waals surface area contributed by atoms with Crippen molar-refractivity contribution in [3.05, 3.63) is 17.3 Å². The number of fused-ring (bicyclic) bond motifs is 1. The van der Waals surface area contributed by atoms with Crippen molar-refractivity contribution in [1.29, 1.82) is 0 Å². The number of unbranched alkanes of at least 4 members (excludes halogenated alkanes) is 1. The first kappa shape index (κ1) is 14.1. The zero-order valence-electron chi connectivity index (χ0n) is 11.6. The topological polar surface area (TPSA) is 56.7 Å². The SMILES string of the molecule is CCCCC(CC)Cn1c(N)nc2cc(Cl)cnc21. The van der Waals surface area contributed by atoms with Gasteiger partial charge in [0.15, 0.2) is 5.65 Å². The number of nitrogen functional groups attached to an aromatic ring is 1. The van der Waals surface area contributed by atoms with Gasteiger partial charge in [-0.1, -0.05) is 44.7 Å². The summed E-state index contributed by atoms with van der Waals surface area (Å²) in [4.78, 5) is 8.69. The van der Waals surface area contributed by atoms with Gasteiger partial charge in [0.25, 0.3) is 0 Å². The van der Waals surface area contributed by atoms with Crippen molar-refractivity contribution in [2.45, 2.75) is 46.1 Å². The number of anilines is 1. The number of hydrogen-bond acceptors (Lipinski definition) is 3. The molecule has 2 rings (SSSR count). The van der Waals surface area contributed by atoms with Crippen LogP contribution in [0.1, 0.15) is 39.5 Å². The van der Waals surface area contributed by atoms with Gasteiger partial charge in [-0.3, -0.25) is 4.57 Å². The Morgan fingerprint density at radius 2 is 2.21 bits per heavy atom. The molecule has 19 heavy (non-hydrogen) atoms. The molecule has 0 saturated carbocycles. The van der Waals surface area contributed by atoms with Crippen LogP contribution in [0.4, 0.5) is 5.95 Å². The van der Waals surface area contributed by atoms with E-state index in [2.05, 4.69) is 23.8 Å². The molecule has 0 amide bonds. The third kappa shape index (κ3) is 3.18. The molecule has 0 fully saturated rings. The van der Waals surface area contributed by atoms with Crippen LogP contribution in [0.3, 0.4) is 0 Å². The molecule has 0 aliphatic rings. The molecule has 1 unspecified atom stereocenters. The minimum absolute atomic E-state index is 0.528. The van der Waals surface area contributed by atoms with E-state index in [0.717, 1.165) is 24.1 Å². The smallest absolute Gasteiger partial charge is 0.202 e. The van der Waals surface area contributed by atoms with E-state index in [1.807, 2.05) is 10.6 Å². The van der Waals surface area contributed by atoms with Gasteiger partial charge in [0.1, 0.15) is 5.52 Å². The van der Waals surface area contributed by atoms with Crippen molar-refractivity contribution in [2.75, 3.05) is 5.73 Å². The summed E-state index contributed by atoms with van der Waals surface area (Å²) in [7, 11) is 0. The molecule has 2 aromatic rings. The fourth-order valence-electron chi connectivity index (χ4n) is 2.36. The second kappa shape index (κ2) is 6.24. The Kier molecular flexibility index (Phi) is 4.64.